The molecule has 156 valence electrons. The van der Waals surface area contributed by atoms with Gasteiger partial charge in [0.25, 0.3) is 11.5 Å². The molecule has 8 heteroatoms. The van der Waals surface area contributed by atoms with Crippen molar-refractivity contribution in [3.63, 3.8) is 0 Å². The van der Waals surface area contributed by atoms with Gasteiger partial charge in [0.1, 0.15) is 17.5 Å². The van der Waals surface area contributed by atoms with Gasteiger partial charge in [0.05, 0.1) is 18.0 Å². The van der Waals surface area contributed by atoms with Crippen LogP contribution in [0.4, 0.5) is 5.69 Å². The van der Waals surface area contributed by atoms with Crippen LogP contribution in [0.1, 0.15) is 24.2 Å². The highest BCUT2D eigenvalue weighted by molar-refractivity contribution is 6.62. The third-order valence-electron chi connectivity index (χ3n) is 5.38. The van der Waals surface area contributed by atoms with Crippen molar-refractivity contribution >= 4 is 34.8 Å². The number of anilines is 1. The minimum Gasteiger partial charge on any atom is -0.494 e. The summed E-state index contributed by atoms with van der Waals surface area (Å²) in [6.45, 7) is 4.24. The molecule has 0 saturated carbocycles. The van der Waals surface area contributed by atoms with E-state index in [0.717, 1.165) is 5.56 Å². The van der Waals surface area contributed by atoms with Gasteiger partial charge in [0.2, 0.25) is 4.33 Å². The molecule has 6 nitrogen and oxygen atoms in total. The van der Waals surface area contributed by atoms with Gasteiger partial charge in [-0.3, -0.25) is 19.2 Å². The van der Waals surface area contributed by atoms with Crippen molar-refractivity contribution in [2.24, 2.45) is 7.05 Å². The molecule has 1 unspecified atom stereocenters. The van der Waals surface area contributed by atoms with E-state index < -0.39 is 16.3 Å². The number of ether oxygens (including phenoxy) is 1. The Morgan fingerprint density at radius 2 is 1.67 bits per heavy atom. The van der Waals surface area contributed by atoms with E-state index in [1.54, 1.807) is 30.8 Å². The molecule has 1 amide bonds. The van der Waals surface area contributed by atoms with E-state index in [4.69, 9.17) is 27.9 Å². The zero-order valence-corrected chi connectivity index (χ0v) is 18.3. The molecule has 2 aromatic carbocycles. The van der Waals surface area contributed by atoms with Gasteiger partial charge in [0, 0.05) is 7.05 Å². The number of hydrogen-bond donors (Lipinski definition) is 0. The number of rotatable bonds is 5. The van der Waals surface area contributed by atoms with Crippen molar-refractivity contribution in [1.82, 2.24) is 9.36 Å². The molecule has 1 aliphatic heterocycles. The second-order valence-electron chi connectivity index (χ2n) is 7.11. The lowest BCUT2D eigenvalue weighted by molar-refractivity contribution is -0.125. The standard InChI is InChI=1S/C22H21Cl2N3O3/c1-4-30-17-12-10-15(11-13-17)19-22(23,24)21(29)26(19)18-14(2)25(3)27(20(18)28)16-8-6-5-7-9-16/h5-13,19H,4H2,1-3H3. The molecule has 0 bridgehead atoms. The summed E-state index contributed by atoms with van der Waals surface area (Å²) in [7, 11) is 1.78. The van der Waals surface area contributed by atoms with Crippen molar-refractivity contribution in [2.45, 2.75) is 24.2 Å². The number of hydrogen-bond acceptors (Lipinski definition) is 3. The molecule has 1 fully saturated rings. The Labute approximate surface area is 184 Å². The average molecular weight is 446 g/mol. The molecule has 1 atom stereocenters. The van der Waals surface area contributed by atoms with Crippen LogP contribution in [0.25, 0.3) is 5.69 Å². The number of nitrogens with zero attached hydrogens (tertiary/aromatic N) is 3. The first kappa shape index (κ1) is 20.6. The topological polar surface area (TPSA) is 56.5 Å². The number of aromatic nitrogens is 2. The third kappa shape index (κ3) is 3.02. The quantitative estimate of drug-likeness (QED) is 0.437. The highest BCUT2D eigenvalue weighted by Gasteiger charge is 2.61. The smallest absolute Gasteiger partial charge is 0.295 e. The summed E-state index contributed by atoms with van der Waals surface area (Å²) in [6.07, 6.45) is 0. The highest BCUT2D eigenvalue weighted by atomic mass is 35.5. The Balaban J connectivity index is 1.81. The summed E-state index contributed by atoms with van der Waals surface area (Å²) in [5.74, 6) is 0.186. The first-order valence-corrected chi connectivity index (χ1v) is 10.3. The van der Waals surface area contributed by atoms with Gasteiger partial charge in [0.15, 0.2) is 0 Å². The van der Waals surface area contributed by atoms with Crippen LogP contribution in [0.15, 0.2) is 59.4 Å². The van der Waals surface area contributed by atoms with Gasteiger partial charge in [-0.15, -0.1) is 0 Å². The van der Waals surface area contributed by atoms with Crippen molar-refractivity contribution in [3.8, 4) is 11.4 Å². The van der Waals surface area contributed by atoms with Crippen LogP contribution in [0.2, 0.25) is 0 Å². The Kier molecular flexibility index (Phi) is 5.16. The van der Waals surface area contributed by atoms with Crippen LogP contribution in [0.3, 0.4) is 0 Å². The predicted molar refractivity (Wildman–Crippen MR) is 118 cm³/mol. The molecular formula is C22H21Cl2N3O3. The lowest BCUT2D eigenvalue weighted by atomic mass is 9.91. The van der Waals surface area contributed by atoms with E-state index in [9.17, 15) is 9.59 Å². The van der Waals surface area contributed by atoms with Crippen molar-refractivity contribution in [1.29, 1.82) is 0 Å². The maximum Gasteiger partial charge on any atom is 0.295 e. The van der Waals surface area contributed by atoms with Gasteiger partial charge in [-0.25, -0.2) is 4.68 Å². The summed E-state index contributed by atoms with van der Waals surface area (Å²) in [5.41, 5.74) is 2.01. The fourth-order valence-corrected chi connectivity index (χ4v) is 4.45. The van der Waals surface area contributed by atoms with Crippen LogP contribution in [-0.2, 0) is 11.8 Å². The van der Waals surface area contributed by atoms with Gasteiger partial charge in [-0.1, -0.05) is 53.5 Å². The Morgan fingerprint density at radius 3 is 2.27 bits per heavy atom. The Morgan fingerprint density at radius 1 is 1.03 bits per heavy atom. The van der Waals surface area contributed by atoms with E-state index in [2.05, 4.69) is 0 Å². The number of amides is 1. The van der Waals surface area contributed by atoms with Crippen LogP contribution >= 0.6 is 23.2 Å². The van der Waals surface area contributed by atoms with Crippen LogP contribution in [0, 0.1) is 6.92 Å². The molecule has 0 N–H and O–H groups in total. The number of benzene rings is 2. The number of alkyl halides is 2. The van der Waals surface area contributed by atoms with Crippen LogP contribution in [0.5, 0.6) is 5.75 Å². The first-order chi connectivity index (χ1) is 14.3. The largest absolute Gasteiger partial charge is 0.494 e. The number of carbonyl (C=O) groups is 1. The van der Waals surface area contributed by atoms with Crippen molar-refractivity contribution in [2.75, 3.05) is 11.5 Å². The van der Waals surface area contributed by atoms with E-state index >= 15 is 0 Å². The summed E-state index contributed by atoms with van der Waals surface area (Å²) in [6, 6.07) is 15.8. The highest BCUT2D eigenvalue weighted by Crippen LogP contribution is 2.52. The van der Waals surface area contributed by atoms with Crippen molar-refractivity contribution < 1.29 is 9.53 Å². The normalized spacial score (nSPS) is 17.7. The van der Waals surface area contributed by atoms with E-state index in [0.29, 0.717) is 23.7 Å². The molecule has 0 radical (unpaired) electrons. The molecule has 1 saturated heterocycles. The monoisotopic (exact) mass is 445 g/mol. The van der Waals surface area contributed by atoms with Crippen molar-refractivity contribution in [3.05, 3.63) is 76.2 Å². The fourth-order valence-electron chi connectivity index (χ4n) is 3.82. The number of halogens is 2. The fraction of sp³-hybridized carbons (Fsp3) is 0.273. The molecule has 0 aliphatic carbocycles. The molecule has 1 aromatic heterocycles. The third-order valence-corrected chi connectivity index (χ3v) is 6.11. The van der Waals surface area contributed by atoms with Gasteiger partial charge in [-0.05, 0) is 43.7 Å². The molecule has 3 aromatic rings. The van der Waals surface area contributed by atoms with Crippen LogP contribution in [-0.4, -0.2) is 26.2 Å². The lowest BCUT2D eigenvalue weighted by Gasteiger charge is -2.48. The van der Waals surface area contributed by atoms with Gasteiger partial charge < -0.3 is 4.74 Å². The van der Waals surface area contributed by atoms with E-state index in [-0.39, 0.29) is 11.2 Å². The minimum atomic E-state index is -1.65. The minimum absolute atomic E-state index is 0.266. The molecule has 0 spiro atoms. The molecular weight excluding hydrogens is 425 g/mol. The maximum absolute atomic E-state index is 13.4. The van der Waals surface area contributed by atoms with Gasteiger partial charge in [-0.2, -0.15) is 0 Å². The number of carbonyl (C=O) groups excluding carboxylic acids is 1. The molecule has 4 rings (SSSR count). The molecule has 2 heterocycles. The summed E-state index contributed by atoms with van der Waals surface area (Å²) < 4.78 is 7.07. The Hall–Kier alpha value is -2.70. The summed E-state index contributed by atoms with van der Waals surface area (Å²) in [4.78, 5) is 27.6. The van der Waals surface area contributed by atoms with Gasteiger partial charge >= 0.3 is 0 Å². The molecule has 30 heavy (non-hydrogen) atoms. The number of β-lactam (4-membered cyclic amide) rings is 1. The summed E-state index contributed by atoms with van der Waals surface area (Å²) in [5, 5.41) is 0. The lowest BCUT2D eigenvalue weighted by Crippen LogP contribution is -2.64. The zero-order chi connectivity index (χ0) is 21.6. The zero-order valence-electron chi connectivity index (χ0n) is 16.8. The number of para-hydroxylation sites is 1. The van der Waals surface area contributed by atoms with E-state index in [1.165, 1.54) is 9.58 Å². The van der Waals surface area contributed by atoms with E-state index in [1.807, 2.05) is 49.4 Å². The first-order valence-electron chi connectivity index (χ1n) is 9.57. The maximum atomic E-state index is 13.4. The second kappa shape index (κ2) is 7.52. The van der Waals surface area contributed by atoms with Crippen LogP contribution < -0.4 is 15.2 Å². The SMILES string of the molecule is CCOc1ccc(C2N(c3c(C)n(C)n(-c4ccccc4)c3=O)C(=O)C2(Cl)Cl)cc1. The molecule has 1 aliphatic rings. The second-order valence-corrected chi connectivity index (χ2v) is 8.50. The Bertz CT molecular complexity index is 1150. The predicted octanol–water partition coefficient (Wildman–Crippen LogP) is 4.14. The summed E-state index contributed by atoms with van der Waals surface area (Å²) >= 11 is 12.8. The average Bonchev–Trinajstić information content (AvgIpc) is 2.96.